The molecule has 0 N–H and O–H groups in total. The van der Waals surface area contributed by atoms with Crippen LogP contribution in [0.2, 0.25) is 5.02 Å². The van der Waals surface area contributed by atoms with Crippen molar-refractivity contribution >= 4 is 34.3 Å². The van der Waals surface area contributed by atoms with Crippen molar-refractivity contribution in [1.29, 1.82) is 0 Å². The minimum Gasteiger partial charge on any atom is -0.320 e. The standard InChI is InChI=1S/C22H21ClF2N2/c1-14(15-3-5-19(24)20(25)11-15)13-27-21-6-4-16(23)12-18(21)17-7-9-26(2)10-8-22(17)27/h3-6,11-13H,7-10H2,1-2H3/b14-13+. The Balaban J connectivity index is 1.89. The van der Waals surface area contributed by atoms with Gasteiger partial charge < -0.3 is 9.47 Å². The molecule has 0 saturated carbocycles. The first-order valence-corrected chi connectivity index (χ1v) is 9.45. The molecule has 2 heterocycles. The van der Waals surface area contributed by atoms with E-state index in [9.17, 15) is 8.78 Å². The third-order valence-corrected chi connectivity index (χ3v) is 5.59. The second-order valence-corrected chi connectivity index (χ2v) is 7.64. The molecule has 0 atom stereocenters. The molecule has 0 saturated heterocycles. The second-order valence-electron chi connectivity index (χ2n) is 7.20. The number of nitrogens with zero attached hydrogens (tertiary/aromatic N) is 2. The fraction of sp³-hybridized carbons (Fsp3) is 0.273. The van der Waals surface area contributed by atoms with Crippen molar-refractivity contribution in [2.75, 3.05) is 20.1 Å². The lowest BCUT2D eigenvalue weighted by atomic mass is 10.1. The number of rotatable bonds is 2. The maximum atomic E-state index is 13.7. The first-order valence-electron chi connectivity index (χ1n) is 9.07. The minimum absolute atomic E-state index is 0.671. The Bertz CT molecular complexity index is 1050. The fourth-order valence-corrected chi connectivity index (χ4v) is 4.00. The van der Waals surface area contributed by atoms with Gasteiger partial charge in [-0.15, -0.1) is 0 Å². The molecule has 4 rings (SSSR count). The van der Waals surface area contributed by atoms with E-state index in [2.05, 4.69) is 16.5 Å². The Morgan fingerprint density at radius 1 is 1.04 bits per heavy atom. The zero-order valence-electron chi connectivity index (χ0n) is 15.4. The average Bonchev–Trinajstić information content (AvgIpc) is 2.78. The Kier molecular flexibility index (Phi) is 4.79. The molecule has 0 unspecified atom stereocenters. The molecule has 3 aromatic rings. The highest BCUT2D eigenvalue weighted by molar-refractivity contribution is 6.31. The Hall–Kier alpha value is -2.17. The van der Waals surface area contributed by atoms with Crippen molar-refractivity contribution in [1.82, 2.24) is 9.47 Å². The molecule has 0 aliphatic carbocycles. The van der Waals surface area contributed by atoms with Crippen LogP contribution in [-0.4, -0.2) is 29.6 Å². The minimum atomic E-state index is -0.829. The molecule has 2 aromatic carbocycles. The fourth-order valence-electron chi connectivity index (χ4n) is 3.82. The van der Waals surface area contributed by atoms with E-state index in [1.807, 2.05) is 31.3 Å². The summed E-state index contributed by atoms with van der Waals surface area (Å²) < 4.78 is 29.1. The van der Waals surface area contributed by atoms with Crippen molar-refractivity contribution in [2.45, 2.75) is 19.8 Å². The number of likely N-dealkylation sites (N-methyl/N-ethyl adjacent to an activating group) is 1. The van der Waals surface area contributed by atoms with Crippen LogP contribution in [0.15, 0.2) is 36.4 Å². The third kappa shape index (κ3) is 3.40. The average molecular weight is 387 g/mol. The van der Waals surface area contributed by atoms with Gasteiger partial charge in [0.1, 0.15) is 0 Å². The van der Waals surface area contributed by atoms with Gasteiger partial charge in [0.15, 0.2) is 11.6 Å². The van der Waals surface area contributed by atoms with Gasteiger partial charge in [-0.2, -0.15) is 0 Å². The summed E-state index contributed by atoms with van der Waals surface area (Å²) >= 11 is 6.26. The van der Waals surface area contributed by atoms with Crippen molar-refractivity contribution in [3.05, 3.63) is 69.9 Å². The summed E-state index contributed by atoms with van der Waals surface area (Å²) in [6.45, 7) is 3.91. The maximum absolute atomic E-state index is 13.7. The van der Waals surface area contributed by atoms with Crippen LogP contribution in [0.25, 0.3) is 22.7 Å². The van der Waals surface area contributed by atoms with Crippen LogP contribution in [0.3, 0.4) is 0 Å². The van der Waals surface area contributed by atoms with Crippen LogP contribution in [0.5, 0.6) is 0 Å². The third-order valence-electron chi connectivity index (χ3n) is 5.35. The molecule has 27 heavy (non-hydrogen) atoms. The van der Waals surface area contributed by atoms with Crippen molar-refractivity contribution < 1.29 is 8.78 Å². The lowest BCUT2D eigenvalue weighted by Gasteiger charge is -2.13. The largest absolute Gasteiger partial charge is 0.320 e. The lowest BCUT2D eigenvalue weighted by Crippen LogP contribution is -2.21. The first-order chi connectivity index (χ1) is 12.9. The molecule has 0 spiro atoms. The van der Waals surface area contributed by atoms with E-state index >= 15 is 0 Å². The zero-order chi connectivity index (χ0) is 19.1. The molecule has 2 nitrogen and oxygen atoms in total. The van der Waals surface area contributed by atoms with Gasteiger partial charge in [-0.1, -0.05) is 17.7 Å². The Labute approximate surface area is 162 Å². The molecule has 0 amide bonds. The van der Waals surface area contributed by atoms with Crippen LogP contribution >= 0.6 is 11.6 Å². The SMILES string of the molecule is C/C(=C\n1c2c(c3cc(Cl)ccc31)CCN(C)CC2)c1ccc(F)c(F)c1. The van der Waals surface area contributed by atoms with Gasteiger partial charge in [-0.3, -0.25) is 0 Å². The highest BCUT2D eigenvalue weighted by atomic mass is 35.5. The van der Waals surface area contributed by atoms with E-state index in [0.717, 1.165) is 42.0 Å². The molecule has 0 bridgehead atoms. The Morgan fingerprint density at radius 3 is 2.59 bits per heavy atom. The van der Waals surface area contributed by atoms with E-state index in [1.54, 1.807) is 6.07 Å². The smallest absolute Gasteiger partial charge is 0.159 e. The predicted molar refractivity (Wildman–Crippen MR) is 108 cm³/mol. The Morgan fingerprint density at radius 2 is 1.81 bits per heavy atom. The molecular weight excluding hydrogens is 366 g/mol. The van der Waals surface area contributed by atoms with E-state index in [0.29, 0.717) is 5.56 Å². The van der Waals surface area contributed by atoms with Crippen molar-refractivity contribution in [2.24, 2.45) is 0 Å². The summed E-state index contributed by atoms with van der Waals surface area (Å²) in [5, 5.41) is 1.89. The first kappa shape index (κ1) is 18.2. The van der Waals surface area contributed by atoms with Crippen LogP contribution in [-0.2, 0) is 12.8 Å². The van der Waals surface area contributed by atoms with Crippen molar-refractivity contribution in [3.63, 3.8) is 0 Å². The quantitative estimate of drug-likeness (QED) is 0.554. The van der Waals surface area contributed by atoms with Crippen molar-refractivity contribution in [3.8, 4) is 0 Å². The van der Waals surface area contributed by atoms with E-state index in [-0.39, 0.29) is 0 Å². The van der Waals surface area contributed by atoms with E-state index in [4.69, 9.17) is 11.6 Å². The van der Waals surface area contributed by atoms with Crippen LogP contribution < -0.4 is 0 Å². The number of hydrogen-bond acceptors (Lipinski definition) is 1. The van der Waals surface area contributed by atoms with Gasteiger partial charge in [-0.05, 0) is 67.4 Å². The molecule has 1 aromatic heterocycles. The molecule has 0 fully saturated rings. The highest BCUT2D eigenvalue weighted by Crippen LogP contribution is 2.32. The number of halogens is 3. The van der Waals surface area contributed by atoms with Gasteiger partial charge in [-0.25, -0.2) is 8.78 Å². The zero-order valence-corrected chi connectivity index (χ0v) is 16.2. The topological polar surface area (TPSA) is 8.17 Å². The number of benzene rings is 2. The monoisotopic (exact) mass is 386 g/mol. The summed E-state index contributed by atoms with van der Waals surface area (Å²) in [5.41, 5.74) is 5.23. The second kappa shape index (κ2) is 7.10. The molecule has 0 radical (unpaired) electrons. The predicted octanol–water partition coefficient (Wildman–Crippen LogP) is 5.62. The number of fused-ring (bicyclic) bond motifs is 3. The van der Waals surface area contributed by atoms with Gasteiger partial charge in [0.05, 0.1) is 5.52 Å². The molecular formula is C22H21ClF2N2. The summed E-state index contributed by atoms with van der Waals surface area (Å²) in [5.74, 6) is -1.66. The number of hydrogen-bond donors (Lipinski definition) is 0. The summed E-state index contributed by atoms with van der Waals surface area (Å²) in [7, 11) is 2.13. The van der Waals surface area contributed by atoms with Gasteiger partial charge in [0.2, 0.25) is 0 Å². The van der Waals surface area contributed by atoms with Gasteiger partial charge in [0.25, 0.3) is 0 Å². The van der Waals surface area contributed by atoms with Crippen LogP contribution in [0.1, 0.15) is 23.7 Å². The normalized spacial score (nSPS) is 15.8. The lowest BCUT2D eigenvalue weighted by molar-refractivity contribution is 0.351. The van der Waals surface area contributed by atoms with E-state index in [1.165, 1.54) is 28.8 Å². The summed E-state index contributed by atoms with van der Waals surface area (Å²) in [4.78, 5) is 2.33. The molecule has 140 valence electrons. The van der Waals surface area contributed by atoms with E-state index < -0.39 is 11.6 Å². The molecule has 1 aliphatic heterocycles. The molecule has 1 aliphatic rings. The highest BCUT2D eigenvalue weighted by Gasteiger charge is 2.20. The summed E-state index contributed by atoms with van der Waals surface area (Å²) in [6.07, 6.45) is 3.92. The van der Waals surface area contributed by atoms with Gasteiger partial charge >= 0.3 is 0 Å². The number of aromatic nitrogens is 1. The van der Waals surface area contributed by atoms with Gasteiger partial charge in [0, 0.05) is 41.8 Å². The summed E-state index contributed by atoms with van der Waals surface area (Å²) in [6, 6.07) is 9.98. The van der Waals surface area contributed by atoms with Crippen LogP contribution in [0.4, 0.5) is 8.78 Å². The number of allylic oxidation sites excluding steroid dienone is 1. The van der Waals surface area contributed by atoms with Crippen LogP contribution in [0, 0.1) is 11.6 Å². The molecule has 5 heteroatoms. The maximum Gasteiger partial charge on any atom is 0.159 e.